The Hall–Kier alpha value is -2.38. The second kappa shape index (κ2) is 6.62. The average Bonchev–Trinajstić information content (AvgIpc) is 3.15. The van der Waals surface area contributed by atoms with Gasteiger partial charge in [-0.05, 0) is 18.2 Å². The molecule has 0 atom stereocenters. The Bertz CT molecular complexity index is 869. The minimum Gasteiger partial charge on any atom is -0.465 e. The number of esters is 1. The summed E-state index contributed by atoms with van der Waals surface area (Å²) in [6.45, 7) is 0. The summed E-state index contributed by atoms with van der Waals surface area (Å²) < 4.78 is 11.1. The van der Waals surface area contributed by atoms with Gasteiger partial charge in [-0.25, -0.2) is 4.79 Å². The summed E-state index contributed by atoms with van der Waals surface area (Å²) in [5.74, 6) is 0.446. The summed E-state index contributed by atoms with van der Waals surface area (Å²) in [4.78, 5) is 25.8. The largest absolute Gasteiger partial charge is 0.465 e. The SMILES string of the molecule is COC(=O)c1ccccc1-c1ccc(C=C2SC(=S)N(C)C2=O)o1. The van der Waals surface area contributed by atoms with Gasteiger partial charge in [-0.2, -0.15) is 0 Å². The van der Waals surface area contributed by atoms with Crippen LogP contribution in [0.2, 0.25) is 0 Å². The first-order chi connectivity index (χ1) is 11.5. The van der Waals surface area contributed by atoms with E-state index in [0.29, 0.717) is 31.9 Å². The third-order valence-electron chi connectivity index (χ3n) is 3.48. The molecule has 1 aromatic carbocycles. The van der Waals surface area contributed by atoms with Crippen molar-refractivity contribution in [3.63, 3.8) is 0 Å². The molecule has 0 N–H and O–H groups in total. The Morgan fingerprint density at radius 3 is 2.71 bits per heavy atom. The van der Waals surface area contributed by atoms with Crippen LogP contribution in [0.1, 0.15) is 16.1 Å². The van der Waals surface area contributed by atoms with Crippen LogP contribution in [0.25, 0.3) is 17.4 Å². The van der Waals surface area contributed by atoms with E-state index in [2.05, 4.69) is 0 Å². The maximum atomic E-state index is 12.0. The van der Waals surface area contributed by atoms with Gasteiger partial charge in [0.2, 0.25) is 0 Å². The fourth-order valence-electron chi connectivity index (χ4n) is 2.24. The normalized spacial score (nSPS) is 16.1. The first-order valence-electron chi connectivity index (χ1n) is 7.00. The van der Waals surface area contributed by atoms with Crippen LogP contribution in [0.5, 0.6) is 0 Å². The number of hydrogen-bond acceptors (Lipinski definition) is 6. The van der Waals surface area contributed by atoms with Crippen LogP contribution >= 0.6 is 24.0 Å². The number of carbonyl (C=O) groups excluding carboxylic acids is 2. The second-order valence-electron chi connectivity index (χ2n) is 4.98. The lowest BCUT2D eigenvalue weighted by Gasteiger charge is -2.04. The van der Waals surface area contributed by atoms with Gasteiger partial charge >= 0.3 is 5.97 Å². The molecule has 0 radical (unpaired) electrons. The van der Waals surface area contributed by atoms with E-state index < -0.39 is 5.97 Å². The summed E-state index contributed by atoms with van der Waals surface area (Å²) in [7, 11) is 2.97. The van der Waals surface area contributed by atoms with E-state index in [0.717, 1.165) is 0 Å². The van der Waals surface area contributed by atoms with E-state index in [1.54, 1.807) is 43.5 Å². The van der Waals surface area contributed by atoms with Crippen molar-refractivity contribution in [1.82, 2.24) is 4.90 Å². The first-order valence-corrected chi connectivity index (χ1v) is 8.23. The highest BCUT2D eigenvalue weighted by atomic mass is 32.2. The third-order valence-corrected chi connectivity index (χ3v) is 4.97. The zero-order valence-corrected chi connectivity index (χ0v) is 14.6. The van der Waals surface area contributed by atoms with Crippen molar-refractivity contribution >= 4 is 46.3 Å². The number of thioether (sulfide) groups is 1. The highest BCUT2D eigenvalue weighted by Gasteiger charge is 2.29. The Kier molecular flexibility index (Phi) is 4.55. The second-order valence-corrected chi connectivity index (χ2v) is 6.66. The molecule has 5 nitrogen and oxygen atoms in total. The quantitative estimate of drug-likeness (QED) is 0.474. The van der Waals surface area contributed by atoms with Crippen molar-refractivity contribution in [2.24, 2.45) is 0 Å². The molecule has 0 bridgehead atoms. The summed E-state index contributed by atoms with van der Waals surface area (Å²) in [6, 6.07) is 10.5. The molecule has 1 saturated heterocycles. The van der Waals surface area contributed by atoms with Gasteiger partial charge in [-0.3, -0.25) is 9.69 Å². The number of furan rings is 1. The molecule has 7 heteroatoms. The lowest BCUT2D eigenvalue weighted by Crippen LogP contribution is -2.22. The predicted octanol–water partition coefficient (Wildman–Crippen LogP) is 3.56. The molecule has 0 aliphatic carbocycles. The van der Waals surface area contributed by atoms with Crippen LogP contribution in [0, 0.1) is 0 Å². The standard InChI is InChI=1S/C17H13NO4S2/c1-18-15(19)14(24-17(18)23)9-10-7-8-13(22-10)11-5-3-4-6-12(11)16(20)21-2/h3-9H,1-2H3. The molecule has 0 unspecified atom stereocenters. The molecule has 1 aliphatic rings. The van der Waals surface area contributed by atoms with Crippen LogP contribution < -0.4 is 0 Å². The molecule has 3 rings (SSSR count). The minimum atomic E-state index is -0.435. The van der Waals surface area contributed by atoms with Crippen LogP contribution in [-0.2, 0) is 9.53 Å². The van der Waals surface area contributed by atoms with E-state index in [-0.39, 0.29) is 5.91 Å². The van der Waals surface area contributed by atoms with Crippen molar-refractivity contribution in [1.29, 1.82) is 0 Å². The molecule has 2 heterocycles. The van der Waals surface area contributed by atoms with Crippen LogP contribution in [0.15, 0.2) is 45.7 Å². The zero-order valence-electron chi connectivity index (χ0n) is 12.9. The molecule has 24 heavy (non-hydrogen) atoms. The number of amides is 1. The maximum absolute atomic E-state index is 12.0. The van der Waals surface area contributed by atoms with Gasteiger partial charge in [0, 0.05) is 18.7 Å². The summed E-state index contributed by atoms with van der Waals surface area (Å²) >= 11 is 6.33. The number of ether oxygens (including phenoxy) is 1. The summed E-state index contributed by atoms with van der Waals surface area (Å²) in [5.41, 5.74) is 1.05. The highest BCUT2D eigenvalue weighted by molar-refractivity contribution is 8.26. The van der Waals surface area contributed by atoms with Gasteiger partial charge in [0.05, 0.1) is 17.6 Å². The molecular weight excluding hydrogens is 346 g/mol. The monoisotopic (exact) mass is 359 g/mol. The topological polar surface area (TPSA) is 59.8 Å². The van der Waals surface area contributed by atoms with E-state index in [1.165, 1.54) is 23.8 Å². The molecule has 1 aliphatic heterocycles. The number of rotatable bonds is 3. The Morgan fingerprint density at radius 1 is 1.29 bits per heavy atom. The minimum absolute atomic E-state index is 0.155. The molecule has 1 aromatic heterocycles. The summed E-state index contributed by atoms with van der Waals surface area (Å²) in [5, 5.41) is 0. The van der Waals surface area contributed by atoms with Gasteiger partial charge in [0.25, 0.3) is 5.91 Å². The Morgan fingerprint density at radius 2 is 2.04 bits per heavy atom. The number of likely N-dealkylation sites (N-methyl/N-ethyl adjacent to an activating group) is 1. The van der Waals surface area contributed by atoms with Crippen molar-refractivity contribution in [3.8, 4) is 11.3 Å². The molecular formula is C17H13NO4S2. The number of benzene rings is 1. The molecule has 122 valence electrons. The predicted molar refractivity (Wildman–Crippen MR) is 96.4 cm³/mol. The summed E-state index contributed by atoms with van der Waals surface area (Å²) in [6.07, 6.45) is 1.65. The van der Waals surface area contributed by atoms with Crippen molar-refractivity contribution in [2.75, 3.05) is 14.2 Å². The molecule has 0 saturated carbocycles. The average molecular weight is 359 g/mol. The lowest BCUT2D eigenvalue weighted by atomic mass is 10.1. The molecule has 1 fully saturated rings. The van der Waals surface area contributed by atoms with Crippen molar-refractivity contribution in [2.45, 2.75) is 0 Å². The Labute approximate surface area is 148 Å². The van der Waals surface area contributed by atoms with Gasteiger partial charge in [-0.15, -0.1) is 0 Å². The van der Waals surface area contributed by atoms with Gasteiger partial charge in [0.1, 0.15) is 15.8 Å². The molecule has 2 aromatic rings. The maximum Gasteiger partial charge on any atom is 0.338 e. The van der Waals surface area contributed by atoms with Gasteiger partial charge in [-0.1, -0.05) is 42.2 Å². The Balaban J connectivity index is 1.94. The molecule has 1 amide bonds. The van der Waals surface area contributed by atoms with Crippen molar-refractivity contribution in [3.05, 3.63) is 52.6 Å². The van der Waals surface area contributed by atoms with Gasteiger partial charge in [0.15, 0.2) is 0 Å². The van der Waals surface area contributed by atoms with Crippen LogP contribution in [0.3, 0.4) is 0 Å². The highest BCUT2D eigenvalue weighted by Crippen LogP contribution is 2.33. The number of methoxy groups -OCH3 is 1. The van der Waals surface area contributed by atoms with Crippen molar-refractivity contribution < 1.29 is 18.7 Å². The molecule has 0 spiro atoms. The smallest absolute Gasteiger partial charge is 0.338 e. The van der Waals surface area contributed by atoms with E-state index in [9.17, 15) is 9.59 Å². The van der Waals surface area contributed by atoms with E-state index in [4.69, 9.17) is 21.4 Å². The zero-order chi connectivity index (χ0) is 17.3. The number of thiocarbonyl (C=S) groups is 1. The van der Waals surface area contributed by atoms with E-state index in [1.807, 2.05) is 6.07 Å². The lowest BCUT2D eigenvalue weighted by molar-refractivity contribution is -0.121. The number of carbonyl (C=O) groups is 2. The van der Waals surface area contributed by atoms with Crippen LogP contribution in [-0.4, -0.2) is 35.3 Å². The number of hydrogen-bond donors (Lipinski definition) is 0. The fourth-order valence-corrected chi connectivity index (χ4v) is 3.40. The van der Waals surface area contributed by atoms with Gasteiger partial charge < -0.3 is 9.15 Å². The third kappa shape index (κ3) is 3.00. The van der Waals surface area contributed by atoms with Crippen LogP contribution in [0.4, 0.5) is 0 Å². The number of nitrogens with zero attached hydrogens (tertiary/aromatic N) is 1. The first kappa shape index (κ1) is 16.5. The van der Waals surface area contributed by atoms with E-state index >= 15 is 0 Å². The fraction of sp³-hybridized carbons (Fsp3) is 0.118.